The summed E-state index contributed by atoms with van der Waals surface area (Å²) in [6.07, 6.45) is -5.18. The Morgan fingerprint density at radius 3 is 2.54 bits per heavy atom. The lowest BCUT2D eigenvalue weighted by Crippen LogP contribution is -2.54. The molecule has 0 saturated carbocycles. The van der Waals surface area contributed by atoms with Crippen LogP contribution in [0, 0.1) is 0 Å². The highest BCUT2D eigenvalue weighted by Crippen LogP contribution is 2.29. The van der Waals surface area contributed by atoms with Gasteiger partial charge in [-0.25, -0.2) is 4.79 Å². The van der Waals surface area contributed by atoms with E-state index in [-0.39, 0.29) is 29.1 Å². The van der Waals surface area contributed by atoms with Crippen LogP contribution < -0.4 is 10.4 Å². The van der Waals surface area contributed by atoms with Crippen LogP contribution in [0.15, 0.2) is 45.6 Å². The Kier molecular flexibility index (Phi) is 4.04. The zero-order valence-electron chi connectivity index (χ0n) is 13.4. The quantitative estimate of drug-likeness (QED) is 0.383. The van der Waals surface area contributed by atoms with Crippen LogP contribution in [0.1, 0.15) is 0 Å². The number of rotatable bonds is 2. The van der Waals surface area contributed by atoms with Gasteiger partial charge < -0.3 is 34.3 Å². The van der Waals surface area contributed by atoms with Gasteiger partial charge in [0, 0.05) is 16.8 Å². The number of hydrogen-bond acceptors (Lipinski definition) is 8. The first-order chi connectivity index (χ1) is 12.4. The van der Waals surface area contributed by atoms with Crippen molar-refractivity contribution >= 4 is 21.7 Å². The number of hydrogen-bond donors (Lipinski definition) is 4. The zero-order valence-corrected chi connectivity index (χ0v) is 13.4. The minimum atomic E-state index is -1.43. The third-order valence-corrected chi connectivity index (χ3v) is 4.38. The molecule has 1 aromatic heterocycles. The topological polar surface area (TPSA) is 130 Å². The molecular formula is C18H16O8. The minimum Gasteiger partial charge on any atom is -0.508 e. The molecule has 1 aliphatic heterocycles. The molecule has 2 heterocycles. The Hall–Kier alpha value is -2.65. The van der Waals surface area contributed by atoms with Gasteiger partial charge in [0.25, 0.3) is 0 Å². The molecule has 4 atom stereocenters. The Morgan fingerprint density at radius 1 is 0.962 bits per heavy atom. The van der Waals surface area contributed by atoms with Crippen LogP contribution in [-0.4, -0.2) is 51.6 Å². The minimum absolute atomic E-state index is 0.0340. The van der Waals surface area contributed by atoms with E-state index in [1.165, 1.54) is 18.2 Å². The summed E-state index contributed by atoms with van der Waals surface area (Å²) in [5, 5.41) is 40.2. The second-order valence-corrected chi connectivity index (χ2v) is 6.15. The maximum Gasteiger partial charge on any atom is 0.344 e. The predicted molar refractivity (Wildman–Crippen MR) is 90.0 cm³/mol. The number of benzene rings is 2. The summed E-state index contributed by atoms with van der Waals surface area (Å²) in [6.45, 7) is -0.181. The molecule has 1 fully saturated rings. The van der Waals surface area contributed by atoms with Gasteiger partial charge in [-0.15, -0.1) is 0 Å². The summed E-state index contributed by atoms with van der Waals surface area (Å²) < 4.78 is 16.0. The maximum absolute atomic E-state index is 12.1. The molecule has 0 radical (unpaired) electrons. The van der Waals surface area contributed by atoms with E-state index >= 15 is 0 Å². The summed E-state index contributed by atoms with van der Waals surface area (Å²) in [5.74, 6) is 0.222. The van der Waals surface area contributed by atoms with Gasteiger partial charge in [-0.1, -0.05) is 0 Å². The van der Waals surface area contributed by atoms with E-state index in [1.54, 1.807) is 18.2 Å². The number of aliphatic hydroxyl groups excluding tert-OH is 3. The molecule has 4 unspecified atom stereocenters. The molecule has 0 aliphatic carbocycles. The van der Waals surface area contributed by atoms with Crippen LogP contribution in [0.2, 0.25) is 0 Å². The highest BCUT2D eigenvalue weighted by molar-refractivity contribution is 6.04. The number of phenolic OH excluding ortho intramolecular Hbond substituents is 1. The standard InChI is InChI=1S/C18H16O8/c19-8-1-3-10-11-4-2-9(6-14(11)26-17(23)12(10)5-8)25-18-16(22)15(21)13(20)7-24-18/h1-6,13,15-16,18-22H,7H2. The van der Waals surface area contributed by atoms with Gasteiger partial charge in [-0.2, -0.15) is 0 Å². The Balaban J connectivity index is 1.71. The first-order valence-electron chi connectivity index (χ1n) is 7.96. The number of aliphatic hydroxyl groups is 3. The van der Waals surface area contributed by atoms with Gasteiger partial charge in [-0.05, 0) is 30.3 Å². The molecule has 0 spiro atoms. The second-order valence-electron chi connectivity index (χ2n) is 6.15. The molecule has 26 heavy (non-hydrogen) atoms. The van der Waals surface area contributed by atoms with Crippen molar-refractivity contribution in [2.45, 2.75) is 24.6 Å². The van der Waals surface area contributed by atoms with Crippen molar-refractivity contribution in [3.63, 3.8) is 0 Å². The largest absolute Gasteiger partial charge is 0.508 e. The number of aromatic hydroxyl groups is 1. The van der Waals surface area contributed by atoms with Crippen molar-refractivity contribution in [1.82, 2.24) is 0 Å². The molecule has 4 N–H and O–H groups in total. The first-order valence-corrected chi connectivity index (χ1v) is 7.96. The SMILES string of the molecule is O=c1oc2cc(OC3OCC(O)C(O)C3O)ccc2c2ccc(O)cc12. The fourth-order valence-electron chi connectivity index (χ4n) is 2.99. The highest BCUT2D eigenvalue weighted by atomic mass is 16.7. The van der Waals surface area contributed by atoms with Crippen molar-refractivity contribution < 1.29 is 34.3 Å². The molecule has 0 amide bonds. The summed E-state index contributed by atoms with van der Waals surface area (Å²) >= 11 is 0. The third kappa shape index (κ3) is 2.78. The smallest absolute Gasteiger partial charge is 0.344 e. The molecule has 4 rings (SSSR count). The van der Waals surface area contributed by atoms with Crippen molar-refractivity contribution in [2.75, 3.05) is 6.61 Å². The van der Waals surface area contributed by atoms with Gasteiger partial charge in [0.1, 0.15) is 35.4 Å². The van der Waals surface area contributed by atoms with Crippen molar-refractivity contribution in [3.8, 4) is 11.5 Å². The molecule has 136 valence electrons. The number of phenols is 1. The lowest BCUT2D eigenvalue weighted by molar-refractivity contribution is -0.242. The molecule has 8 nitrogen and oxygen atoms in total. The average Bonchev–Trinajstić information content (AvgIpc) is 2.62. The molecule has 1 saturated heterocycles. The summed E-state index contributed by atoms with van der Waals surface area (Å²) in [5.41, 5.74) is -0.343. The normalized spacial score (nSPS) is 26.3. The molecule has 3 aromatic rings. The monoisotopic (exact) mass is 360 g/mol. The van der Waals surface area contributed by atoms with Gasteiger partial charge in [0.05, 0.1) is 12.0 Å². The van der Waals surface area contributed by atoms with Crippen LogP contribution >= 0.6 is 0 Å². The van der Waals surface area contributed by atoms with Gasteiger partial charge >= 0.3 is 5.63 Å². The molecule has 0 bridgehead atoms. The van der Waals surface area contributed by atoms with Crippen LogP contribution in [0.25, 0.3) is 21.7 Å². The fourth-order valence-corrected chi connectivity index (χ4v) is 2.99. The number of fused-ring (bicyclic) bond motifs is 3. The van der Waals surface area contributed by atoms with Gasteiger partial charge in [-0.3, -0.25) is 0 Å². The lowest BCUT2D eigenvalue weighted by atomic mass is 10.1. The van der Waals surface area contributed by atoms with Gasteiger partial charge in [0.2, 0.25) is 6.29 Å². The summed E-state index contributed by atoms with van der Waals surface area (Å²) in [4.78, 5) is 12.1. The van der Waals surface area contributed by atoms with E-state index in [1.807, 2.05) is 0 Å². The molecule has 1 aliphatic rings. The van der Waals surface area contributed by atoms with E-state index < -0.39 is 30.2 Å². The third-order valence-electron chi connectivity index (χ3n) is 4.38. The van der Waals surface area contributed by atoms with E-state index in [4.69, 9.17) is 13.9 Å². The molecular weight excluding hydrogens is 344 g/mol. The van der Waals surface area contributed by atoms with Crippen molar-refractivity contribution in [1.29, 1.82) is 0 Å². The highest BCUT2D eigenvalue weighted by Gasteiger charge is 2.39. The molecule has 2 aromatic carbocycles. The summed E-state index contributed by atoms with van der Waals surface area (Å²) in [7, 11) is 0. The Labute approximate surface area is 146 Å². The first kappa shape index (κ1) is 16.8. The molecule has 8 heteroatoms. The maximum atomic E-state index is 12.1. The fraction of sp³-hybridized carbons (Fsp3) is 0.278. The van der Waals surface area contributed by atoms with E-state index in [9.17, 15) is 25.2 Å². The van der Waals surface area contributed by atoms with Crippen LogP contribution in [0.5, 0.6) is 11.5 Å². The van der Waals surface area contributed by atoms with Crippen LogP contribution in [0.3, 0.4) is 0 Å². The zero-order chi connectivity index (χ0) is 18.4. The Bertz CT molecular complexity index is 1030. The number of ether oxygens (including phenoxy) is 2. The van der Waals surface area contributed by atoms with Crippen LogP contribution in [0.4, 0.5) is 0 Å². The van der Waals surface area contributed by atoms with Crippen molar-refractivity contribution in [2.24, 2.45) is 0 Å². The van der Waals surface area contributed by atoms with Gasteiger partial charge in [0.15, 0.2) is 0 Å². The predicted octanol–water partition coefficient (Wildman–Crippen LogP) is 0.470. The lowest BCUT2D eigenvalue weighted by Gasteiger charge is -2.34. The van der Waals surface area contributed by atoms with Crippen LogP contribution in [-0.2, 0) is 4.74 Å². The van der Waals surface area contributed by atoms with E-state index in [0.29, 0.717) is 10.8 Å². The van der Waals surface area contributed by atoms with Crippen molar-refractivity contribution in [3.05, 3.63) is 46.8 Å². The Morgan fingerprint density at radius 2 is 1.73 bits per heavy atom. The summed E-state index contributed by atoms with van der Waals surface area (Å²) in [6, 6.07) is 9.18. The second kappa shape index (κ2) is 6.26. The average molecular weight is 360 g/mol. The van der Waals surface area contributed by atoms with E-state index in [0.717, 1.165) is 0 Å². The van der Waals surface area contributed by atoms with E-state index in [2.05, 4.69) is 0 Å².